The predicted molar refractivity (Wildman–Crippen MR) is 80.4 cm³/mol. The molecule has 0 spiro atoms. The number of rotatable bonds is 6. The van der Waals surface area contributed by atoms with Gasteiger partial charge < -0.3 is 19.9 Å². The molecule has 1 aromatic rings. The monoisotopic (exact) mass is 307 g/mol. The van der Waals surface area contributed by atoms with Crippen molar-refractivity contribution in [3.8, 4) is 5.75 Å². The molecule has 1 atom stereocenters. The number of ether oxygens (including phenoxy) is 2. The van der Waals surface area contributed by atoms with E-state index < -0.39 is 5.97 Å². The summed E-state index contributed by atoms with van der Waals surface area (Å²) in [4.78, 5) is 23.2. The van der Waals surface area contributed by atoms with Crippen LogP contribution in [0.3, 0.4) is 0 Å². The topological polar surface area (TPSA) is 84.9 Å². The number of aromatic carboxylic acids is 1. The SMILES string of the molecule is COc1cc(C(=O)O)cc(C(=O)NCC[C@@H]2CCCOC2)c1. The molecule has 1 fully saturated rings. The van der Waals surface area contributed by atoms with Gasteiger partial charge in [0, 0.05) is 25.3 Å². The van der Waals surface area contributed by atoms with Crippen LogP contribution in [-0.4, -0.2) is 43.9 Å². The molecule has 1 saturated heterocycles. The molecular formula is C16H21NO5. The highest BCUT2D eigenvalue weighted by Crippen LogP contribution is 2.18. The number of carbonyl (C=O) groups is 2. The summed E-state index contributed by atoms with van der Waals surface area (Å²) in [6, 6.07) is 4.27. The Labute approximate surface area is 129 Å². The molecule has 0 radical (unpaired) electrons. The van der Waals surface area contributed by atoms with Crippen molar-refractivity contribution in [1.29, 1.82) is 0 Å². The molecule has 22 heavy (non-hydrogen) atoms. The number of nitrogens with one attached hydrogen (secondary N) is 1. The first kappa shape index (κ1) is 16.3. The van der Waals surface area contributed by atoms with Crippen molar-refractivity contribution in [2.24, 2.45) is 5.92 Å². The Morgan fingerprint density at radius 1 is 1.36 bits per heavy atom. The van der Waals surface area contributed by atoms with Crippen molar-refractivity contribution in [2.75, 3.05) is 26.9 Å². The third-order valence-electron chi connectivity index (χ3n) is 3.74. The highest BCUT2D eigenvalue weighted by molar-refractivity contribution is 5.98. The maximum atomic E-state index is 12.1. The number of carboxylic acids is 1. The van der Waals surface area contributed by atoms with Gasteiger partial charge in [0.2, 0.25) is 0 Å². The van der Waals surface area contributed by atoms with E-state index in [0.717, 1.165) is 32.5 Å². The first-order chi connectivity index (χ1) is 10.6. The third-order valence-corrected chi connectivity index (χ3v) is 3.74. The molecule has 1 aliphatic heterocycles. The molecule has 1 heterocycles. The number of hydrogen-bond donors (Lipinski definition) is 2. The fourth-order valence-electron chi connectivity index (χ4n) is 2.50. The number of hydrogen-bond acceptors (Lipinski definition) is 4. The van der Waals surface area contributed by atoms with E-state index in [4.69, 9.17) is 14.6 Å². The van der Waals surface area contributed by atoms with Crippen molar-refractivity contribution < 1.29 is 24.2 Å². The van der Waals surface area contributed by atoms with Gasteiger partial charge >= 0.3 is 5.97 Å². The van der Waals surface area contributed by atoms with E-state index in [1.165, 1.54) is 25.3 Å². The maximum Gasteiger partial charge on any atom is 0.335 e. The van der Waals surface area contributed by atoms with E-state index in [9.17, 15) is 9.59 Å². The largest absolute Gasteiger partial charge is 0.497 e. The van der Waals surface area contributed by atoms with Gasteiger partial charge in [0.25, 0.3) is 5.91 Å². The average molecular weight is 307 g/mol. The zero-order valence-corrected chi connectivity index (χ0v) is 12.6. The third kappa shape index (κ3) is 4.46. The summed E-state index contributed by atoms with van der Waals surface area (Å²) in [6.07, 6.45) is 3.05. The van der Waals surface area contributed by atoms with Crippen LogP contribution < -0.4 is 10.1 Å². The standard InChI is InChI=1S/C16H21NO5/c1-21-14-8-12(7-13(9-14)16(19)20)15(18)17-5-4-11-3-2-6-22-10-11/h7-9,11H,2-6,10H2,1H3,(H,17,18)(H,19,20)/t11-/m0/s1. The molecule has 0 aromatic heterocycles. The smallest absolute Gasteiger partial charge is 0.335 e. The van der Waals surface area contributed by atoms with Crippen LogP contribution in [0.15, 0.2) is 18.2 Å². The molecule has 1 aromatic carbocycles. The number of benzene rings is 1. The van der Waals surface area contributed by atoms with E-state index in [1.54, 1.807) is 0 Å². The van der Waals surface area contributed by atoms with Crippen LogP contribution in [0.4, 0.5) is 0 Å². The maximum absolute atomic E-state index is 12.1. The Hall–Kier alpha value is -2.08. The lowest BCUT2D eigenvalue weighted by Gasteiger charge is -2.21. The Morgan fingerprint density at radius 3 is 2.77 bits per heavy atom. The molecule has 0 unspecified atom stereocenters. The fraction of sp³-hybridized carbons (Fsp3) is 0.500. The summed E-state index contributed by atoms with van der Waals surface area (Å²) in [5.41, 5.74) is 0.321. The second-order valence-corrected chi connectivity index (χ2v) is 5.38. The summed E-state index contributed by atoms with van der Waals surface area (Å²) in [5.74, 6) is -0.551. The average Bonchev–Trinajstić information content (AvgIpc) is 2.55. The minimum absolute atomic E-state index is 0.0326. The molecule has 0 saturated carbocycles. The molecule has 0 bridgehead atoms. The Morgan fingerprint density at radius 2 is 2.14 bits per heavy atom. The Kier molecular flexibility index (Phi) is 5.77. The van der Waals surface area contributed by atoms with Crippen LogP contribution in [0.5, 0.6) is 5.75 Å². The number of amides is 1. The van der Waals surface area contributed by atoms with Crippen LogP contribution in [0, 0.1) is 5.92 Å². The van der Waals surface area contributed by atoms with Crippen LogP contribution in [0.25, 0.3) is 0 Å². The molecule has 1 amide bonds. The Bertz CT molecular complexity index is 537. The van der Waals surface area contributed by atoms with Gasteiger partial charge in [0.05, 0.1) is 12.7 Å². The van der Waals surface area contributed by atoms with E-state index in [-0.39, 0.29) is 17.0 Å². The van der Waals surface area contributed by atoms with Gasteiger partial charge in [-0.25, -0.2) is 4.79 Å². The summed E-state index contributed by atoms with van der Waals surface area (Å²) >= 11 is 0. The summed E-state index contributed by atoms with van der Waals surface area (Å²) < 4.78 is 10.4. The quantitative estimate of drug-likeness (QED) is 0.839. The molecule has 6 heteroatoms. The molecule has 2 rings (SSSR count). The lowest BCUT2D eigenvalue weighted by molar-refractivity contribution is 0.0514. The normalized spacial score (nSPS) is 17.8. The van der Waals surface area contributed by atoms with Crippen molar-refractivity contribution in [3.63, 3.8) is 0 Å². The zero-order valence-electron chi connectivity index (χ0n) is 12.6. The number of methoxy groups -OCH3 is 1. The minimum atomic E-state index is -1.09. The van der Waals surface area contributed by atoms with E-state index >= 15 is 0 Å². The second-order valence-electron chi connectivity index (χ2n) is 5.38. The first-order valence-corrected chi connectivity index (χ1v) is 7.38. The molecule has 2 N–H and O–H groups in total. The van der Waals surface area contributed by atoms with Gasteiger partial charge in [0.15, 0.2) is 0 Å². The lowest BCUT2D eigenvalue weighted by Crippen LogP contribution is -2.28. The minimum Gasteiger partial charge on any atom is -0.497 e. The van der Waals surface area contributed by atoms with Gasteiger partial charge in [-0.15, -0.1) is 0 Å². The zero-order chi connectivity index (χ0) is 15.9. The van der Waals surface area contributed by atoms with Gasteiger partial charge in [-0.3, -0.25) is 4.79 Å². The van der Waals surface area contributed by atoms with Crippen LogP contribution in [0.1, 0.15) is 40.0 Å². The van der Waals surface area contributed by atoms with Crippen molar-refractivity contribution in [2.45, 2.75) is 19.3 Å². The number of carboxylic acid groups (broad SMARTS) is 1. The lowest BCUT2D eigenvalue weighted by atomic mass is 9.99. The second kappa shape index (κ2) is 7.79. The fourth-order valence-corrected chi connectivity index (χ4v) is 2.50. The van der Waals surface area contributed by atoms with Crippen LogP contribution in [-0.2, 0) is 4.74 Å². The van der Waals surface area contributed by atoms with Crippen LogP contribution in [0.2, 0.25) is 0 Å². The highest BCUT2D eigenvalue weighted by Gasteiger charge is 2.15. The van der Waals surface area contributed by atoms with E-state index in [2.05, 4.69) is 5.32 Å². The summed E-state index contributed by atoms with van der Waals surface area (Å²) in [5, 5.41) is 11.9. The molecular weight excluding hydrogens is 286 g/mol. The van der Waals surface area contributed by atoms with Crippen molar-refractivity contribution in [3.05, 3.63) is 29.3 Å². The Balaban J connectivity index is 1.93. The van der Waals surface area contributed by atoms with Crippen molar-refractivity contribution >= 4 is 11.9 Å². The molecule has 1 aliphatic rings. The van der Waals surface area contributed by atoms with E-state index in [0.29, 0.717) is 18.2 Å². The van der Waals surface area contributed by atoms with Crippen molar-refractivity contribution in [1.82, 2.24) is 5.32 Å². The van der Waals surface area contributed by atoms with Gasteiger partial charge in [-0.1, -0.05) is 0 Å². The van der Waals surface area contributed by atoms with Gasteiger partial charge in [-0.2, -0.15) is 0 Å². The first-order valence-electron chi connectivity index (χ1n) is 7.38. The highest BCUT2D eigenvalue weighted by atomic mass is 16.5. The molecule has 120 valence electrons. The van der Waals surface area contributed by atoms with E-state index in [1.807, 2.05) is 0 Å². The van der Waals surface area contributed by atoms with Gasteiger partial charge in [-0.05, 0) is 43.4 Å². The predicted octanol–water partition coefficient (Wildman–Crippen LogP) is 1.94. The number of carbonyl (C=O) groups excluding carboxylic acids is 1. The van der Waals surface area contributed by atoms with Gasteiger partial charge in [0.1, 0.15) is 5.75 Å². The van der Waals surface area contributed by atoms with Crippen LogP contribution >= 0.6 is 0 Å². The summed E-state index contributed by atoms with van der Waals surface area (Å²) in [7, 11) is 1.44. The summed E-state index contributed by atoms with van der Waals surface area (Å²) in [6.45, 7) is 2.12. The molecule has 6 nitrogen and oxygen atoms in total. The molecule has 0 aliphatic carbocycles.